The molecule has 27 heavy (non-hydrogen) atoms. The van der Waals surface area contributed by atoms with Gasteiger partial charge in [-0.15, -0.1) is 0 Å². The van der Waals surface area contributed by atoms with Gasteiger partial charge in [0.2, 0.25) is 0 Å². The fraction of sp³-hybridized carbons (Fsp3) is 0.833. The van der Waals surface area contributed by atoms with Crippen molar-refractivity contribution in [3.8, 4) is 0 Å². The number of hydrogen-bond donors (Lipinski definition) is 0. The van der Waals surface area contributed by atoms with Crippen molar-refractivity contribution >= 4 is 11.8 Å². The smallest absolute Gasteiger partial charge is 0.302 e. The molecule has 0 N–H and O–H groups in total. The fourth-order valence-corrected chi connectivity index (χ4v) is 8.73. The van der Waals surface area contributed by atoms with E-state index in [4.69, 9.17) is 4.74 Å². The van der Waals surface area contributed by atoms with Gasteiger partial charge in [0, 0.05) is 18.8 Å². The predicted octanol–water partition coefficient (Wildman–Crippen LogP) is 5.09. The molecule has 3 heteroatoms. The Labute approximate surface area is 163 Å². The van der Waals surface area contributed by atoms with Crippen LogP contribution in [0.4, 0.5) is 0 Å². The van der Waals surface area contributed by atoms with Crippen LogP contribution in [0.1, 0.15) is 79.1 Å². The molecule has 0 radical (unpaired) electrons. The molecule has 5 aliphatic rings. The van der Waals surface area contributed by atoms with Crippen molar-refractivity contribution in [3.05, 3.63) is 11.6 Å². The zero-order chi connectivity index (χ0) is 19.2. The highest BCUT2D eigenvalue weighted by Gasteiger charge is 2.76. The molecule has 0 aromatic rings. The minimum atomic E-state index is -0.147. The van der Waals surface area contributed by atoms with Gasteiger partial charge >= 0.3 is 5.97 Å². The molecule has 0 amide bonds. The molecular weight excluding hydrogens is 336 g/mol. The Hall–Kier alpha value is -1.12. The summed E-state index contributed by atoms with van der Waals surface area (Å²) >= 11 is 0. The maximum absolute atomic E-state index is 12.6. The van der Waals surface area contributed by atoms with E-state index in [1.807, 2.05) is 6.92 Å². The Morgan fingerprint density at radius 1 is 1.11 bits per heavy atom. The highest BCUT2D eigenvalue weighted by atomic mass is 16.5. The lowest BCUT2D eigenvalue weighted by Gasteiger charge is -2.59. The number of ether oxygens (including phenoxy) is 1. The van der Waals surface area contributed by atoms with Crippen molar-refractivity contribution in [1.29, 1.82) is 0 Å². The summed E-state index contributed by atoms with van der Waals surface area (Å²) < 4.78 is 5.55. The monoisotopic (exact) mass is 370 g/mol. The van der Waals surface area contributed by atoms with Crippen LogP contribution in [0.15, 0.2) is 11.6 Å². The van der Waals surface area contributed by atoms with E-state index in [9.17, 15) is 9.59 Å². The van der Waals surface area contributed by atoms with E-state index in [-0.39, 0.29) is 28.3 Å². The van der Waals surface area contributed by atoms with Crippen molar-refractivity contribution in [3.63, 3.8) is 0 Å². The summed E-state index contributed by atoms with van der Waals surface area (Å²) in [6.07, 6.45) is 11.8. The average Bonchev–Trinajstić information content (AvgIpc) is 3.27. The molecule has 4 saturated carbocycles. The number of carbonyl (C=O) groups is 2. The Kier molecular flexibility index (Phi) is 3.64. The molecule has 148 valence electrons. The third kappa shape index (κ3) is 2.15. The van der Waals surface area contributed by atoms with Crippen LogP contribution >= 0.6 is 0 Å². The zero-order valence-corrected chi connectivity index (χ0v) is 17.3. The maximum Gasteiger partial charge on any atom is 0.302 e. The third-order valence-electron chi connectivity index (χ3n) is 10.1. The summed E-state index contributed by atoms with van der Waals surface area (Å²) in [5.74, 6) is 3.20. The van der Waals surface area contributed by atoms with E-state index in [1.165, 1.54) is 32.6 Å². The average molecular weight is 371 g/mol. The van der Waals surface area contributed by atoms with Gasteiger partial charge in [-0.1, -0.05) is 25.5 Å². The number of hydrogen-bond acceptors (Lipinski definition) is 3. The summed E-state index contributed by atoms with van der Waals surface area (Å²) in [6.45, 7) is 8.33. The Balaban J connectivity index is 1.43. The molecule has 0 saturated heterocycles. The van der Waals surface area contributed by atoms with Crippen molar-refractivity contribution in [2.75, 3.05) is 0 Å². The van der Waals surface area contributed by atoms with Gasteiger partial charge in [-0.2, -0.15) is 0 Å². The van der Waals surface area contributed by atoms with Crippen LogP contribution in [0.2, 0.25) is 0 Å². The number of ketones is 1. The van der Waals surface area contributed by atoms with Gasteiger partial charge in [-0.05, 0) is 86.4 Å². The van der Waals surface area contributed by atoms with Gasteiger partial charge in [-0.3, -0.25) is 9.59 Å². The normalized spacial score (nSPS) is 52.6. The number of Topliss-reactive ketones (excluding diaryl/α,β-unsaturated/α-hetero) is 1. The van der Waals surface area contributed by atoms with E-state index < -0.39 is 0 Å². The summed E-state index contributed by atoms with van der Waals surface area (Å²) in [4.78, 5) is 24.0. The topological polar surface area (TPSA) is 43.4 Å². The van der Waals surface area contributed by atoms with Crippen molar-refractivity contribution in [1.82, 2.24) is 0 Å². The molecule has 0 heterocycles. The highest BCUT2D eigenvalue weighted by molar-refractivity contribution is 5.87. The first-order valence-electron chi connectivity index (χ1n) is 11.1. The molecule has 8 atom stereocenters. The van der Waals surface area contributed by atoms with E-state index in [0.29, 0.717) is 11.7 Å². The standard InChI is InChI=1S/C24H34O3/c1-14(25)24-13-17(24)12-21-19-6-5-16-11-18(27-15(2)26)7-9-22(16,3)20(19)8-10-23(21,24)4/h5,17-21H,6-13H2,1-4H3/t17-,18-,19?,20?,21?,22-,23-,24-/m0/s1. The van der Waals surface area contributed by atoms with Gasteiger partial charge in [0.1, 0.15) is 11.9 Å². The first-order chi connectivity index (χ1) is 12.7. The molecule has 0 aliphatic heterocycles. The van der Waals surface area contributed by atoms with Crippen LogP contribution in [-0.2, 0) is 14.3 Å². The first kappa shape index (κ1) is 17.9. The summed E-state index contributed by atoms with van der Waals surface area (Å²) in [5.41, 5.74) is 2.09. The minimum Gasteiger partial charge on any atom is -0.462 e. The van der Waals surface area contributed by atoms with Crippen LogP contribution in [0.25, 0.3) is 0 Å². The number of fused-ring (bicyclic) bond motifs is 7. The number of allylic oxidation sites excluding steroid dienone is 1. The van der Waals surface area contributed by atoms with Gasteiger partial charge in [0.25, 0.3) is 0 Å². The van der Waals surface area contributed by atoms with Gasteiger partial charge in [0.05, 0.1) is 0 Å². The molecule has 0 bridgehead atoms. The molecule has 3 nitrogen and oxygen atoms in total. The zero-order valence-electron chi connectivity index (χ0n) is 17.3. The Morgan fingerprint density at radius 3 is 2.59 bits per heavy atom. The molecule has 0 aromatic carbocycles. The minimum absolute atomic E-state index is 0.0283. The van der Waals surface area contributed by atoms with Gasteiger partial charge in [-0.25, -0.2) is 0 Å². The van der Waals surface area contributed by atoms with Crippen molar-refractivity contribution < 1.29 is 14.3 Å². The Bertz CT molecular complexity index is 738. The lowest BCUT2D eigenvalue weighted by Crippen LogP contribution is -2.52. The molecule has 0 spiro atoms. The maximum atomic E-state index is 12.6. The van der Waals surface area contributed by atoms with Gasteiger partial charge in [0.15, 0.2) is 0 Å². The summed E-state index contributed by atoms with van der Waals surface area (Å²) in [7, 11) is 0. The summed E-state index contributed by atoms with van der Waals surface area (Å²) in [6, 6.07) is 0. The number of carbonyl (C=O) groups excluding carboxylic acids is 2. The van der Waals surface area contributed by atoms with E-state index in [1.54, 1.807) is 5.57 Å². The second kappa shape index (κ2) is 5.48. The first-order valence-corrected chi connectivity index (χ1v) is 11.1. The van der Waals surface area contributed by atoms with Crippen LogP contribution < -0.4 is 0 Å². The molecule has 5 aliphatic carbocycles. The SMILES string of the molecule is CC(=O)O[C@H]1CC[C@@]2(C)C(=CCC3C2CC[C@@]2(C)C3C[C@H]3C[C@]32C(C)=O)C1. The quantitative estimate of drug-likeness (QED) is 0.502. The highest BCUT2D eigenvalue weighted by Crippen LogP contribution is 2.80. The fourth-order valence-electron chi connectivity index (χ4n) is 8.73. The van der Waals surface area contributed by atoms with Crippen molar-refractivity contribution in [2.45, 2.75) is 85.2 Å². The number of esters is 1. The van der Waals surface area contributed by atoms with Crippen LogP contribution in [0.5, 0.6) is 0 Å². The molecule has 5 rings (SSSR count). The molecular formula is C24H34O3. The molecule has 4 fully saturated rings. The summed E-state index contributed by atoms with van der Waals surface area (Å²) in [5, 5.41) is 0. The molecule has 0 aromatic heterocycles. The second-order valence-corrected chi connectivity index (χ2v) is 10.9. The van der Waals surface area contributed by atoms with Crippen molar-refractivity contribution in [2.24, 2.45) is 39.9 Å². The lowest BCUT2D eigenvalue weighted by molar-refractivity contribution is -0.149. The molecule has 3 unspecified atom stereocenters. The van der Waals surface area contributed by atoms with Crippen LogP contribution in [0, 0.1) is 39.9 Å². The van der Waals surface area contributed by atoms with E-state index in [0.717, 1.165) is 43.4 Å². The van der Waals surface area contributed by atoms with E-state index >= 15 is 0 Å². The van der Waals surface area contributed by atoms with Crippen LogP contribution in [0.3, 0.4) is 0 Å². The largest absolute Gasteiger partial charge is 0.462 e. The second-order valence-electron chi connectivity index (χ2n) is 10.9. The lowest BCUT2D eigenvalue weighted by atomic mass is 9.46. The Morgan fingerprint density at radius 2 is 1.89 bits per heavy atom. The van der Waals surface area contributed by atoms with Crippen LogP contribution in [-0.4, -0.2) is 17.9 Å². The number of rotatable bonds is 2. The van der Waals surface area contributed by atoms with Gasteiger partial charge < -0.3 is 4.74 Å². The third-order valence-corrected chi connectivity index (χ3v) is 10.1. The van der Waals surface area contributed by atoms with E-state index in [2.05, 4.69) is 19.9 Å². The predicted molar refractivity (Wildman–Crippen MR) is 104 cm³/mol.